The Kier molecular flexibility index (Phi) is 4.01. The Morgan fingerprint density at radius 1 is 0.833 bits per heavy atom. The van der Waals surface area contributed by atoms with E-state index >= 15 is 0 Å². The summed E-state index contributed by atoms with van der Waals surface area (Å²) in [5.41, 5.74) is 4.05. The molecular weight excluding hydrogens is 339 g/mol. The van der Waals surface area contributed by atoms with Crippen LogP contribution in [0.3, 0.4) is 0 Å². The molecule has 0 saturated heterocycles. The van der Waals surface area contributed by atoms with Gasteiger partial charge in [0.2, 0.25) is 0 Å². The molecule has 0 unspecified atom stereocenters. The maximum absolute atomic E-state index is 6.36. The first-order valence-electron chi connectivity index (χ1n) is 7.67. The third-order valence-electron chi connectivity index (χ3n) is 4.03. The largest absolute Gasteiger partial charge is 0.319 e. The third kappa shape index (κ3) is 2.79. The molecular formula is C20H14Cl2N2. The van der Waals surface area contributed by atoms with Crippen LogP contribution in [0.4, 0.5) is 0 Å². The summed E-state index contributed by atoms with van der Waals surface area (Å²) in [5.74, 6) is 0.910. The van der Waals surface area contributed by atoms with E-state index in [1.165, 1.54) is 0 Å². The van der Waals surface area contributed by atoms with E-state index in [9.17, 15) is 0 Å². The van der Waals surface area contributed by atoms with Gasteiger partial charge in [-0.1, -0.05) is 71.7 Å². The molecule has 0 atom stereocenters. The maximum Gasteiger partial charge on any atom is 0.141 e. The lowest BCUT2D eigenvalue weighted by Gasteiger charge is -2.11. The SMILES string of the molecule is Clc1ccc2c(c1)nc(-c1ccccc1)n2Cc1ccccc1Cl. The first-order chi connectivity index (χ1) is 11.7. The van der Waals surface area contributed by atoms with E-state index in [1.54, 1.807) is 0 Å². The Labute approximate surface area is 150 Å². The van der Waals surface area contributed by atoms with Crippen LogP contribution in [-0.4, -0.2) is 9.55 Å². The number of hydrogen-bond acceptors (Lipinski definition) is 1. The average Bonchev–Trinajstić information content (AvgIpc) is 2.95. The smallest absolute Gasteiger partial charge is 0.141 e. The van der Waals surface area contributed by atoms with E-state index in [0.717, 1.165) is 33.0 Å². The summed E-state index contributed by atoms with van der Waals surface area (Å²) >= 11 is 12.5. The first kappa shape index (κ1) is 15.3. The van der Waals surface area contributed by atoms with Crippen molar-refractivity contribution in [1.29, 1.82) is 0 Å². The number of halogens is 2. The Bertz CT molecular complexity index is 1010. The molecule has 0 saturated carbocycles. The van der Waals surface area contributed by atoms with Gasteiger partial charge in [-0.15, -0.1) is 0 Å². The summed E-state index contributed by atoms with van der Waals surface area (Å²) < 4.78 is 2.18. The Morgan fingerprint density at radius 3 is 2.38 bits per heavy atom. The normalized spacial score (nSPS) is 11.1. The van der Waals surface area contributed by atoms with Crippen LogP contribution < -0.4 is 0 Å². The number of hydrogen-bond donors (Lipinski definition) is 0. The van der Waals surface area contributed by atoms with Crippen LogP contribution in [0, 0.1) is 0 Å². The van der Waals surface area contributed by atoms with Gasteiger partial charge < -0.3 is 4.57 Å². The van der Waals surface area contributed by atoms with Crippen molar-refractivity contribution in [1.82, 2.24) is 9.55 Å². The van der Waals surface area contributed by atoms with Gasteiger partial charge in [0.05, 0.1) is 17.6 Å². The molecule has 0 aliphatic heterocycles. The number of imidazole rings is 1. The molecule has 4 aromatic rings. The minimum absolute atomic E-state index is 0.655. The van der Waals surface area contributed by atoms with Gasteiger partial charge in [-0.05, 0) is 29.8 Å². The molecule has 3 aromatic carbocycles. The van der Waals surface area contributed by atoms with Crippen molar-refractivity contribution >= 4 is 34.2 Å². The van der Waals surface area contributed by atoms with Crippen LogP contribution in [0.1, 0.15) is 5.56 Å². The monoisotopic (exact) mass is 352 g/mol. The third-order valence-corrected chi connectivity index (χ3v) is 4.63. The molecule has 0 bridgehead atoms. The molecule has 0 fully saturated rings. The van der Waals surface area contributed by atoms with Gasteiger partial charge in [-0.2, -0.15) is 0 Å². The van der Waals surface area contributed by atoms with E-state index in [2.05, 4.69) is 16.7 Å². The molecule has 118 valence electrons. The standard InChI is InChI=1S/C20H14Cl2N2/c21-16-10-11-19-18(12-16)23-20(14-6-2-1-3-7-14)24(19)13-15-8-4-5-9-17(15)22/h1-12H,13H2. The molecule has 0 N–H and O–H groups in total. The Balaban J connectivity index is 1.93. The van der Waals surface area contributed by atoms with E-state index in [-0.39, 0.29) is 0 Å². The molecule has 0 spiro atoms. The van der Waals surface area contributed by atoms with Crippen LogP contribution in [-0.2, 0) is 6.54 Å². The van der Waals surface area contributed by atoms with Gasteiger partial charge in [0, 0.05) is 15.6 Å². The molecule has 0 aliphatic carbocycles. The van der Waals surface area contributed by atoms with Crippen LogP contribution in [0.25, 0.3) is 22.4 Å². The highest BCUT2D eigenvalue weighted by Crippen LogP contribution is 2.28. The predicted molar refractivity (Wildman–Crippen MR) is 101 cm³/mol. The second kappa shape index (κ2) is 6.31. The summed E-state index contributed by atoms with van der Waals surface area (Å²) in [6, 6.07) is 23.8. The van der Waals surface area contributed by atoms with Gasteiger partial charge >= 0.3 is 0 Å². The lowest BCUT2D eigenvalue weighted by atomic mass is 10.2. The van der Waals surface area contributed by atoms with Crippen LogP contribution in [0.2, 0.25) is 10.0 Å². The summed E-state index contributed by atoms with van der Waals surface area (Å²) in [6.07, 6.45) is 0. The van der Waals surface area contributed by atoms with E-state index in [1.807, 2.05) is 60.7 Å². The minimum atomic E-state index is 0.655. The van der Waals surface area contributed by atoms with Crippen molar-refractivity contribution < 1.29 is 0 Å². The highest BCUT2D eigenvalue weighted by Gasteiger charge is 2.14. The van der Waals surface area contributed by atoms with Gasteiger partial charge in [0.25, 0.3) is 0 Å². The number of aromatic nitrogens is 2. The molecule has 0 radical (unpaired) electrons. The number of rotatable bonds is 3. The lowest BCUT2D eigenvalue weighted by Crippen LogP contribution is -2.02. The lowest BCUT2D eigenvalue weighted by molar-refractivity contribution is 0.834. The summed E-state index contributed by atoms with van der Waals surface area (Å²) in [7, 11) is 0. The van der Waals surface area contributed by atoms with E-state index in [0.29, 0.717) is 11.6 Å². The molecule has 4 heteroatoms. The number of benzene rings is 3. The first-order valence-corrected chi connectivity index (χ1v) is 8.42. The summed E-state index contributed by atoms with van der Waals surface area (Å²) in [4.78, 5) is 4.81. The van der Waals surface area contributed by atoms with Crippen molar-refractivity contribution in [3.63, 3.8) is 0 Å². The minimum Gasteiger partial charge on any atom is -0.319 e. The highest BCUT2D eigenvalue weighted by molar-refractivity contribution is 6.31. The van der Waals surface area contributed by atoms with E-state index in [4.69, 9.17) is 28.2 Å². The molecule has 2 nitrogen and oxygen atoms in total. The quantitative estimate of drug-likeness (QED) is 0.438. The zero-order valence-electron chi connectivity index (χ0n) is 12.8. The zero-order chi connectivity index (χ0) is 16.5. The highest BCUT2D eigenvalue weighted by atomic mass is 35.5. The molecule has 0 aliphatic rings. The summed E-state index contributed by atoms with van der Waals surface area (Å²) in [5, 5.41) is 1.44. The fourth-order valence-electron chi connectivity index (χ4n) is 2.87. The zero-order valence-corrected chi connectivity index (χ0v) is 14.3. The van der Waals surface area contributed by atoms with Crippen LogP contribution in [0.15, 0.2) is 72.8 Å². The van der Waals surface area contributed by atoms with Crippen molar-refractivity contribution in [3.8, 4) is 11.4 Å². The maximum atomic E-state index is 6.36. The molecule has 4 rings (SSSR count). The fraction of sp³-hybridized carbons (Fsp3) is 0.0500. The van der Waals surface area contributed by atoms with Gasteiger partial charge in [0.15, 0.2) is 0 Å². The Morgan fingerprint density at radius 2 is 1.58 bits per heavy atom. The fourth-order valence-corrected chi connectivity index (χ4v) is 3.23. The van der Waals surface area contributed by atoms with Gasteiger partial charge in [-0.3, -0.25) is 0 Å². The molecule has 1 aromatic heterocycles. The van der Waals surface area contributed by atoms with Crippen molar-refractivity contribution in [2.75, 3.05) is 0 Å². The van der Waals surface area contributed by atoms with Gasteiger partial charge in [-0.25, -0.2) is 4.98 Å². The van der Waals surface area contributed by atoms with Gasteiger partial charge in [0.1, 0.15) is 5.82 Å². The molecule has 24 heavy (non-hydrogen) atoms. The average molecular weight is 353 g/mol. The second-order valence-electron chi connectivity index (χ2n) is 5.61. The topological polar surface area (TPSA) is 17.8 Å². The number of nitrogens with zero attached hydrogens (tertiary/aromatic N) is 2. The Hall–Kier alpha value is -2.29. The molecule has 1 heterocycles. The molecule has 0 amide bonds. The van der Waals surface area contributed by atoms with Crippen molar-refractivity contribution in [2.24, 2.45) is 0 Å². The van der Waals surface area contributed by atoms with E-state index < -0.39 is 0 Å². The summed E-state index contributed by atoms with van der Waals surface area (Å²) in [6.45, 7) is 0.655. The predicted octanol–water partition coefficient (Wildman–Crippen LogP) is 6.06. The number of fused-ring (bicyclic) bond motifs is 1. The van der Waals surface area contributed by atoms with Crippen LogP contribution in [0.5, 0.6) is 0 Å². The van der Waals surface area contributed by atoms with Crippen molar-refractivity contribution in [2.45, 2.75) is 6.54 Å². The second-order valence-corrected chi connectivity index (χ2v) is 6.46. The van der Waals surface area contributed by atoms with Crippen LogP contribution >= 0.6 is 23.2 Å². The van der Waals surface area contributed by atoms with Crippen molar-refractivity contribution in [3.05, 3.63) is 88.4 Å².